The molecule has 2 nitrogen and oxygen atoms in total. The molecule has 4 aliphatic rings. The van der Waals surface area contributed by atoms with E-state index in [1.807, 2.05) is 6.08 Å². The Morgan fingerprint density at radius 1 is 1.17 bits per heavy atom. The second kappa shape index (κ2) is 4.92. The first kappa shape index (κ1) is 15.8. The van der Waals surface area contributed by atoms with Crippen LogP contribution in [0.15, 0.2) is 46.6 Å². The van der Waals surface area contributed by atoms with E-state index in [0.717, 1.165) is 32.1 Å². The molecular weight excluding hydrogens is 399 g/mol. The lowest BCUT2D eigenvalue weighted by atomic mass is 9.55. The highest BCUT2D eigenvalue weighted by molar-refractivity contribution is 14.1. The molecular formula is C20H23IO2. The maximum atomic E-state index is 11.8. The van der Waals surface area contributed by atoms with Crippen molar-refractivity contribution < 1.29 is 7.86 Å². The van der Waals surface area contributed by atoms with Crippen LogP contribution in [0.2, 0.25) is 0 Å². The standard InChI is InChI=1S/C20H23IO2/c1-18-9-6-14(22)12-13(18)4-5-15-16(18)7-10-19(2)17(15)8-11-20(19,3)23-21/h6,8-9,12H,4-5,7,10-11H2,1-3H3/t18-,19-,20-/m0/s1. The van der Waals surface area contributed by atoms with E-state index in [0.29, 0.717) is 0 Å². The zero-order valence-corrected chi connectivity index (χ0v) is 16.2. The first-order chi connectivity index (χ1) is 10.8. The van der Waals surface area contributed by atoms with E-state index in [-0.39, 0.29) is 22.2 Å². The van der Waals surface area contributed by atoms with Crippen molar-refractivity contribution in [3.8, 4) is 0 Å². The fourth-order valence-electron chi connectivity index (χ4n) is 5.16. The summed E-state index contributed by atoms with van der Waals surface area (Å²) >= 11 is 2.08. The van der Waals surface area contributed by atoms with Crippen molar-refractivity contribution in [1.82, 2.24) is 0 Å². The van der Waals surface area contributed by atoms with E-state index in [2.05, 4.69) is 55.9 Å². The average molecular weight is 422 g/mol. The van der Waals surface area contributed by atoms with Gasteiger partial charge < -0.3 is 3.07 Å². The Kier molecular flexibility index (Phi) is 3.38. The van der Waals surface area contributed by atoms with E-state index in [1.54, 1.807) is 17.2 Å². The normalized spacial score (nSPS) is 42.0. The highest BCUT2D eigenvalue weighted by Gasteiger charge is 2.55. The summed E-state index contributed by atoms with van der Waals surface area (Å²) in [4.78, 5) is 11.8. The van der Waals surface area contributed by atoms with Gasteiger partial charge in [-0.3, -0.25) is 4.79 Å². The lowest BCUT2D eigenvalue weighted by Crippen LogP contribution is -2.45. The summed E-state index contributed by atoms with van der Waals surface area (Å²) in [6.07, 6.45) is 13.5. The Morgan fingerprint density at radius 3 is 2.70 bits per heavy atom. The quantitative estimate of drug-likeness (QED) is 0.529. The zero-order chi connectivity index (χ0) is 16.5. The second-order valence-electron chi connectivity index (χ2n) is 8.03. The smallest absolute Gasteiger partial charge is 0.178 e. The minimum atomic E-state index is -0.100. The first-order valence-corrected chi connectivity index (χ1v) is 9.40. The van der Waals surface area contributed by atoms with Crippen LogP contribution in [0.25, 0.3) is 0 Å². The highest BCUT2D eigenvalue weighted by Crippen LogP contribution is 2.63. The molecule has 0 saturated heterocycles. The molecule has 0 radical (unpaired) electrons. The summed E-state index contributed by atoms with van der Waals surface area (Å²) in [6, 6.07) is 0. The predicted octanol–water partition coefficient (Wildman–Crippen LogP) is 5.40. The second-order valence-corrected chi connectivity index (χ2v) is 8.47. The molecule has 3 atom stereocenters. The summed E-state index contributed by atoms with van der Waals surface area (Å²) in [5.41, 5.74) is 5.88. The van der Waals surface area contributed by atoms with Gasteiger partial charge in [0.2, 0.25) is 0 Å². The SMILES string of the molecule is C[C@]12C=CC(=O)C=C1CCC1=C2CC[C@@]2(C)C1=CC[C@]2(C)OI. The van der Waals surface area contributed by atoms with Crippen molar-refractivity contribution in [2.45, 2.75) is 58.5 Å². The predicted molar refractivity (Wildman–Crippen MR) is 100 cm³/mol. The Labute approximate surface area is 152 Å². The molecule has 4 aliphatic carbocycles. The van der Waals surface area contributed by atoms with Crippen molar-refractivity contribution in [1.29, 1.82) is 0 Å². The van der Waals surface area contributed by atoms with Gasteiger partial charge in [-0.1, -0.05) is 30.2 Å². The number of carbonyl (C=O) groups excluding carboxylic acids is 1. The van der Waals surface area contributed by atoms with Crippen LogP contribution in [0.3, 0.4) is 0 Å². The van der Waals surface area contributed by atoms with Crippen LogP contribution in [-0.2, 0) is 7.86 Å². The lowest BCUT2D eigenvalue weighted by Gasteiger charge is -2.50. The Balaban J connectivity index is 1.84. The molecule has 0 saturated carbocycles. The summed E-state index contributed by atoms with van der Waals surface area (Å²) in [6.45, 7) is 6.92. The van der Waals surface area contributed by atoms with E-state index in [1.165, 1.54) is 11.1 Å². The summed E-state index contributed by atoms with van der Waals surface area (Å²) < 4.78 is 5.92. The van der Waals surface area contributed by atoms with Crippen molar-refractivity contribution in [3.63, 3.8) is 0 Å². The number of fused-ring (bicyclic) bond motifs is 4. The van der Waals surface area contributed by atoms with Gasteiger partial charge >= 0.3 is 0 Å². The van der Waals surface area contributed by atoms with Crippen LogP contribution in [-0.4, -0.2) is 11.4 Å². The van der Waals surface area contributed by atoms with Gasteiger partial charge in [-0.25, -0.2) is 0 Å². The van der Waals surface area contributed by atoms with Gasteiger partial charge in [0.05, 0.1) is 5.60 Å². The summed E-state index contributed by atoms with van der Waals surface area (Å²) in [5.74, 6) is 0.146. The van der Waals surface area contributed by atoms with Gasteiger partial charge in [0.1, 0.15) is 23.0 Å². The van der Waals surface area contributed by atoms with E-state index < -0.39 is 0 Å². The van der Waals surface area contributed by atoms with Crippen LogP contribution >= 0.6 is 23.0 Å². The Hall–Kier alpha value is -0.680. The topological polar surface area (TPSA) is 26.3 Å². The zero-order valence-electron chi connectivity index (χ0n) is 14.0. The van der Waals surface area contributed by atoms with Gasteiger partial charge in [0, 0.05) is 10.8 Å². The maximum absolute atomic E-state index is 11.8. The van der Waals surface area contributed by atoms with E-state index in [4.69, 9.17) is 3.07 Å². The number of halogens is 1. The largest absolute Gasteiger partial charge is 0.308 e. The van der Waals surface area contributed by atoms with E-state index >= 15 is 0 Å². The molecule has 3 heteroatoms. The fourth-order valence-corrected chi connectivity index (χ4v) is 5.83. The molecule has 0 unspecified atom stereocenters. The molecule has 0 aromatic carbocycles. The van der Waals surface area contributed by atoms with Crippen molar-refractivity contribution in [3.05, 3.63) is 46.6 Å². The monoisotopic (exact) mass is 422 g/mol. The minimum Gasteiger partial charge on any atom is -0.308 e. The van der Waals surface area contributed by atoms with Crippen LogP contribution in [0.4, 0.5) is 0 Å². The van der Waals surface area contributed by atoms with Crippen LogP contribution < -0.4 is 0 Å². The molecule has 0 amide bonds. The molecule has 122 valence electrons. The van der Waals surface area contributed by atoms with Gasteiger partial charge in [-0.2, -0.15) is 0 Å². The first-order valence-electron chi connectivity index (χ1n) is 8.52. The molecule has 0 aromatic heterocycles. The number of hydrogen-bond donors (Lipinski definition) is 0. The number of allylic oxidation sites excluding steroid dienone is 6. The van der Waals surface area contributed by atoms with Gasteiger partial charge in [-0.05, 0) is 69.2 Å². The summed E-state index contributed by atoms with van der Waals surface area (Å²) in [7, 11) is 0. The molecule has 4 rings (SSSR count). The van der Waals surface area contributed by atoms with Crippen LogP contribution in [0, 0.1) is 10.8 Å². The number of carbonyl (C=O) groups is 1. The third-order valence-electron chi connectivity index (χ3n) is 7.03. The average Bonchev–Trinajstić information content (AvgIpc) is 2.80. The lowest BCUT2D eigenvalue weighted by molar-refractivity contribution is -0.110. The van der Waals surface area contributed by atoms with Gasteiger partial charge in [0.25, 0.3) is 0 Å². The molecule has 0 N–H and O–H groups in total. The molecule has 0 heterocycles. The number of hydrogen-bond acceptors (Lipinski definition) is 2. The third kappa shape index (κ3) is 1.92. The van der Waals surface area contributed by atoms with Crippen LogP contribution in [0.5, 0.6) is 0 Å². The van der Waals surface area contributed by atoms with E-state index in [9.17, 15) is 4.79 Å². The Bertz CT molecular complexity index is 726. The molecule has 0 aliphatic heterocycles. The third-order valence-corrected chi connectivity index (χ3v) is 8.00. The molecule has 0 spiro atoms. The fraction of sp³-hybridized carbons (Fsp3) is 0.550. The minimum absolute atomic E-state index is 0.0478. The molecule has 0 aromatic rings. The van der Waals surface area contributed by atoms with Crippen molar-refractivity contribution >= 4 is 28.8 Å². The van der Waals surface area contributed by atoms with Crippen molar-refractivity contribution in [2.24, 2.45) is 10.8 Å². The van der Waals surface area contributed by atoms with Crippen molar-refractivity contribution in [2.75, 3.05) is 0 Å². The molecule has 23 heavy (non-hydrogen) atoms. The van der Waals surface area contributed by atoms with Crippen LogP contribution in [0.1, 0.15) is 52.9 Å². The molecule has 0 fully saturated rings. The number of ketones is 1. The maximum Gasteiger partial charge on any atom is 0.178 e. The van der Waals surface area contributed by atoms with Gasteiger partial charge in [0.15, 0.2) is 5.78 Å². The number of rotatable bonds is 1. The summed E-state index contributed by atoms with van der Waals surface area (Å²) in [5, 5.41) is 0. The molecule has 0 bridgehead atoms. The highest BCUT2D eigenvalue weighted by atomic mass is 127. The Morgan fingerprint density at radius 2 is 1.96 bits per heavy atom. The van der Waals surface area contributed by atoms with Gasteiger partial charge in [-0.15, -0.1) is 0 Å².